The van der Waals surface area contributed by atoms with Crippen molar-refractivity contribution in [2.24, 2.45) is 5.10 Å². The minimum Gasteiger partial charge on any atom is -0.497 e. The van der Waals surface area contributed by atoms with Gasteiger partial charge in [-0.15, -0.1) is 0 Å². The van der Waals surface area contributed by atoms with Gasteiger partial charge < -0.3 is 15.0 Å². The van der Waals surface area contributed by atoms with Gasteiger partial charge in [-0.2, -0.15) is 5.10 Å². The van der Waals surface area contributed by atoms with Crippen molar-refractivity contribution in [1.29, 1.82) is 0 Å². The summed E-state index contributed by atoms with van der Waals surface area (Å²) >= 11 is 5.77. The molecule has 31 heavy (non-hydrogen) atoms. The zero-order valence-corrected chi connectivity index (χ0v) is 18.8. The van der Waals surface area contributed by atoms with Crippen molar-refractivity contribution < 1.29 is 4.74 Å². The molecule has 1 heterocycles. The zero-order chi connectivity index (χ0) is 21.8. The second-order valence-corrected chi connectivity index (χ2v) is 8.02. The van der Waals surface area contributed by atoms with E-state index in [4.69, 9.17) is 22.1 Å². The third kappa shape index (κ3) is 4.70. The maximum absolute atomic E-state index is 5.77. The Labute approximate surface area is 189 Å². The molecule has 0 bridgehead atoms. The number of hydrogen-bond acceptors (Lipinski definition) is 4. The van der Waals surface area contributed by atoms with E-state index in [0.717, 1.165) is 40.4 Å². The van der Waals surface area contributed by atoms with Crippen LogP contribution >= 0.6 is 12.2 Å². The molecule has 0 aliphatic carbocycles. The van der Waals surface area contributed by atoms with Gasteiger partial charge in [0.2, 0.25) is 0 Å². The topological polar surface area (TPSA) is 40.1 Å². The van der Waals surface area contributed by atoms with Gasteiger partial charge >= 0.3 is 0 Å². The van der Waals surface area contributed by atoms with E-state index in [1.807, 2.05) is 61.6 Å². The lowest BCUT2D eigenvalue weighted by Crippen LogP contribution is -2.31. The fourth-order valence-electron chi connectivity index (χ4n) is 3.65. The van der Waals surface area contributed by atoms with E-state index < -0.39 is 0 Å². The van der Waals surface area contributed by atoms with Gasteiger partial charge in [-0.1, -0.05) is 42.5 Å². The summed E-state index contributed by atoms with van der Waals surface area (Å²) in [7, 11) is 5.77. The van der Waals surface area contributed by atoms with Gasteiger partial charge in [0.1, 0.15) is 5.75 Å². The van der Waals surface area contributed by atoms with Crippen LogP contribution in [0.15, 0.2) is 84.0 Å². The van der Waals surface area contributed by atoms with Crippen LogP contribution in [0.5, 0.6) is 5.75 Å². The molecule has 1 aliphatic rings. The number of hydrogen-bond donors (Lipinski definition) is 1. The zero-order valence-electron chi connectivity index (χ0n) is 17.9. The number of anilines is 2. The van der Waals surface area contributed by atoms with Crippen molar-refractivity contribution in [2.45, 2.75) is 12.5 Å². The molecule has 0 saturated carbocycles. The molecule has 0 amide bonds. The number of nitrogens with one attached hydrogen (secondary N) is 1. The van der Waals surface area contributed by atoms with E-state index in [1.165, 1.54) is 0 Å². The van der Waals surface area contributed by atoms with Crippen LogP contribution < -0.4 is 15.0 Å². The quantitative estimate of drug-likeness (QED) is 0.556. The first-order chi connectivity index (χ1) is 15.0. The maximum Gasteiger partial charge on any atom is 0.194 e. The summed E-state index contributed by atoms with van der Waals surface area (Å²) in [6.45, 7) is 0. The molecule has 3 aromatic carbocycles. The molecule has 1 atom stereocenters. The van der Waals surface area contributed by atoms with Crippen molar-refractivity contribution in [2.75, 3.05) is 31.4 Å². The lowest BCUT2D eigenvalue weighted by Gasteiger charge is -2.25. The highest BCUT2D eigenvalue weighted by atomic mass is 32.1. The summed E-state index contributed by atoms with van der Waals surface area (Å²) in [5.41, 5.74) is 5.30. The number of ether oxygens (including phenoxy) is 1. The highest BCUT2D eigenvalue weighted by molar-refractivity contribution is 7.80. The molecule has 0 fully saturated rings. The van der Waals surface area contributed by atoms with Crippen LogP contribution in [0.1, 0.15) is 23.6 Å². The minimum atomic E-state index is -0.0168. The molecule has 0 spiro atoms. The highest BCUT2D eigenvalue weighted by Crippen LogP contribution is 2.35. The molecule has 0 saturated heterocycles. The normalized spacial score (nSPS) is 15.4. The van der Waals surface area contributed by atoms with E-state index in [2.05, 4.69) is 46.6 Å². The Morgan fingerprint density at radius 2 is 1.81 bits per heavy atom. The smallest absolute Gasteiger partial charge is 0.194 e. The Balaban J connectivity index is 1.68. The third-order valence-corrected chi connectivity index (χ3v) is 5.61. The summed E-state index contributed by atoms with van der Waals surface area (Å²) in [4.78, 5) is 2.10. The van der Waals surface area contributed by atoms with Gasteiger partial charge in [-0.3, -0.25) is 0 Å². The molecular formula is C25H26N4OS. The summed E-state index contributed by atoms with van der Waals surface area (Å²) in [6, 6.07) is 26.5. The lowest BCUT2D eigenvalue weighted by molar-refractivity contribution is 0.371. The van der Waals surface area contributed by atoms with Crippen molar-refractivity contribution in [3.63, 3.8) is 0 Å². The number of rotatable bonds is 5. The Kier molecular flexibility index (Phi) is 6.18. The van der Waals surface area contributed by atoms with Crippen LogP contribution in [0.3, 0.4) is 0 Å². The predicted octanol–water partition coefficient (Wildman–Crippen LogP) is 5.31. The SMILES string of the molecule is COc1cccc([C@@H]2CC(c3cccc(N(C)C)c3)=NN2C(=S)Nc2ccccc2)c1. The molecule has 1 aliphatic heterocycles. The van der Waals surface area contributed by atoms with Crippen LogP contribution in [-0.4, -0.2) is 37.0 Å². The van der Waals surface area contributed by atoms with Gasteiger partial charge in [0.25, 0.3) is 0 Å². The molecular weight excluding hydrogens is 404 g/mol. The van der Waals surface area contributed by atoms with Gasteiger partial charge in [-0.05, 0) is 59.7 Å². The first-order valence-corrected chi connectivity index (χ1v) is 10.6. The fourth-order valence-corrected chi connectivity index (χ4v) is 3.93. The number of methoxy groups -OCH3 is 1. The molecule has 158 valence electrons. The first kappa shape index (κ1) is 20.9. The summed E-state index contributed by atoms with van der Waals surface area (Å²) in [5, 5.41) is 10.8. The summed E-state index contributed by atoms with van der Waals surface area (Å²) < 4.78 is 5.45. The van der Waals surface area contributed by atoms with Gasteiger partial charge in [-0.25, -0.2) is 5.01 Å². The predicted molar refractivity (Wildman–Crippen MR) is 132 cm³/mol. The fraction of sp³-hybridized carbons (Fsp3) is 0.200. The Bertz CT molecular complexity index is 1100. The van der Waals surface area contributed by atoms with E-state index in [9.17, 15) is 0 Å². The van der Waals surface area contributed by atoms with E-state index in [1.54, 1.807) is 7.11 Å². The van der Waals surface area contributed by atoms with Crippen LogP contribution in [-0.2, 0) is 0 Å². The van der Waals surface area contributed by atoms with Crippen LogP contribution in [0, 0.1) is 0 Å². The van der Waals surface area contributed by atoms with Crippen molar-refractivity contribution in [3.05, 3.63) is 90.0 Å². The number of benzene rings is 3. The third-order valence-electron chi connectivity index (χ3n) is 5.32. The van der Waals surface area contributed by atoms with E-state index >= 15 is 0 Å². The number of nitrogens with zero attached hydrogens (tertiary/aromatic N) is 3. The van der Waals surface area contributed by atoms with Gasteiger partial charge in [0.15, 0.2) is 5.11 Å². The van der Waals surface area contributed by atoms with Gasteiger partial charge in [0.05, 0.1) is 18.9 Å². The summed E-state index contributed by atoms with van der Waals surface area (Å²) in [6.07, 6.45) is 0.751. The first-order valence-electron chi connectivity index (χ1n) is 10.2. The average Bonchev–Trinajstić information content (AvgIpc) is 3.26. The van der Waals surface area contributed by atoms with Gasteiger partial charge in [0, 0.05) is 31.9 Å². The van der Waals surface area contributed by atoms with E-state index in [-0.39, 0.29) is 6.04 Å². The molecule has 6 heteroatoms. The average molecular weight is 431 g/mol. The Morgan fingerprint density at radius 1 is 1.03 bits per heavy atom. The van der Waals surface area contributed by atoms with E-state index in [0.29, 0.717) is 5.11 Å². The molecule has 0 radical (unpaired) electrons. The van der Waals surface area contributed by atoms with Crippen LogP contribution in [0.4, 0.5) is 11.4 Å². The molecule has 5 nitrogen and oxygen atoms in total. The largest absolute Gasteiger partial charge is 0.497 e. The minimum absolute atomic E-state index is 0.0168. The number of para-hydroxylation sites is 1. The monoisotopic (exact) mass is 430 g/mol. The molecule has 4 rings (SSSR count). The molecule has 0 aromatic heterocycles. The van der Waals surface area contributed by atoms with Crippen LogP contribution in [0.25, 0.3) is 0 Å². The maximum atomic E-state index is 5.77. The van der Waals surface area contributed by atoms with Crippen molar-refractivity contribution >= 4 is 34.4 Å². The lowest BCUT2D eigenvalue weighted by atomic mass is 9.98. The molecule has 1 N–H and O–H groups in total. The van der Waals surface area contributed by atoms with Crippen LogP contribution in [0.2, 0.25) is 0 Å². The van der Waals surface area contributed by atoms with Crippen molar-refractivity contribution in [3.8, 4) is 5.75 Å². The molecule has 0 unspecified atom stereocenters. The number of thiocarbonyl (C=S) groups is 1. The molecule has 3 aromatic rings. The summed E-state index contributed by atoms with van der Waals surface area (Å²) in [5.74, 6) is 0.822. The second kappa shape index (κ2) is 9.18. The Morgan fingerprint density at radius 3 is 2.55 bits per heavy atom. The van der Waals surface area contributed by atoms with Crippen molar-refractivity contribution in [1.82, 2.24) is 5.01 Å². The number of hydrazone groups is 1. The Hall–Kier alpha value is -3.38. The standard InChI is InChI=1S/C25H26N4OS/c1-28(2)21-13-7-9-18(15-21)23-17-24(19-10-8-14-22(16-19)30-3)29(27-23)25(31)26-20-11-5-4-6-12-20/h4-16,24H,17H2,1-3H3,(H,26,31)/t24-/m0/s1. The highest BCUT2D eigenvalue weighted by Gasteiger charge is 2.32. The second-order valence-electron chi connectivity index (χ2n) is 7.63.